The van der Waals surface area contributed by atoms with Crippen molar-refractivity contribution in [2.75, 3.05) is 0 Å². The molecule has 0 aromatic heterocycles. The van der Waals surface area contributed by atoms with Crippen LogP contribution in [-0.4, -0.2) is 20.2 Å². The van der Waals surface area contributed by atoms with Crippen LogP contribution in [0, 0.1) is 0 Å². The van der Waals surface area contributed by atoms with Crippen LogP contribution < -0.4 is 0 Å². The maximum atomic E-state index is 11.5. The van der Waals surface area contributed by atoms with E-state index < -0.39 is 8.32 Å². The molecule has 0 amide bonds. The molecular weight excluding hydrogens is 240 g/mol. The van der Waals surface area contributed by atoms with Crippen molar-refractivity contribution >= 4 is 14.1 Å². The lowest BCUT2D eigenvalue weighted by Gasteiger charge is -2.44. The third kappa shape index (κ3) is 3.12. The summed E-state index contributed by atoms with van der Waals surface area (Å²) >= 11 is 0. The second-order valence-electron chi connectivity index (χ2n) is 6.37. The van der Waals surface area contributed by atoms with Crippen molar-refractivity contribution in [3.8, 4) is 0 Å². The normalized spacial score (nSPS) is 21.4. The zero-order valence-corrected chi connectivity index (χ0v) is 13.7. The maximum Gasteiger partial charge on any atom is 0.200 e. The molecule has 0 fully saturated rings. The molecule has 0 saturated carbocycles. The third-order valence-corrected chi connectivity index (χ3v) is 10.4. The zero-order valence-electron chi connectivity index (χ0n) is 12.7. The number of rotatable bonds is 5. The van der Waals surface area contributed by atoms with Gasteiger partial charge in [-0.2, -0.15) is 0 Å². The fourth-order valence-corrected chi connectivity index (χ4v) is 9.09. The van der Waals surface area contributed by atoms with Crippen molar-refractivity contribution in [1.82, 2.24) is 0 Å². The van der Waals surface area contributed by atoms with Gasteiger partial charge in [-0.15, -0.1) is 0 Å². The zero-order chi connectivity index (χ0) is 13.9. The van der Waals surface area contributed by atoms with Crippen molar-refractivity contribution in [2.24, 2.45) is 0 Å². The standard InChI is InChI=1S/C15H28O2Si/c1-11(2)18(12(3)4,13(5)6)17-15-9-7-8-14(16)10-15/h7-8,11-13,15H,9-10H2,1-6H3. The Labute approximate surface area is 113 Å². The Morgan fingerprint density at radius 3 is 2.00 bits per heavy atom. The molecule has 3 heteroatoms. The van der Waals surface area contributed by atoms with E-state index in [1.807, 2.05) is 6.08 Å². The number of carbonyl (C=O) groups is 1. The topological polar surface area (TPSA) is 26.3 Å². The highest BCUT2D eigenvalue weighted by molar-refractivity contribution is 6.77. The fraction of sp³-hybridized carbons (Fsp3) is 0.800. The van der Waals surface area contributed by atoms with E-state index in [1.54, 1.807) is 6.08 Å². The van der Waals surface area contributed by atoms with Gasteiger partial charge in [-0.3, -0.25) is 4.79 Å². The van der Waals surface area contributed by atoms with Gasteiger partial charge in [0.25, 0.3) is 0 Å². The van der Waals surface area contributed by atoms with E-state index in [0.717, 1.165) is 6.42 Å². The van der Waals surface area contributed by atoms with Gasteiger partial charge < -0.3 is 4.43 Å². The van der Waals surface area contributed by atoms with E-state index in [4.69, 9.17) is 4.43 Å². The molecule has 1 unspecified atom stereocenters. The first-order chi connectivity index (χ1) is 8.30. The summed E-state index contributed by atoms with van der Waals surface area (Å²) in [5.74, 6) is 0.213. The Hall–Kier alpha value is -0.413. The van der Waals surface area contributed by atoms with Crippen LogP contribution in [0.4, 0.5) is 0 Å². The van der Waals surface area contributed by atoms with Crippen molar-refractivity contribution in [2.45, 2.75) is 77.1 Å². The Bertz CT molecular complexity index is 297. The van der Waals surface area contributed by atoms with E-state index in [9.17, 15) is 4.79 Å². The minimum absolute atomic E-state index is 0.112. The first-order valence-corrected chi connectivity index (χ1v) is 9.31. The fourth-order valence-electron chi connectivity index (χ4n) is 3.51. The van der Waals surface area contributed by atoms with Gasteiger partial charge in [0, 0.05) is 6.42 Å². The maximum absolute atomic E-state index is 11.5. The molecule has 0 aromatic rings. The summed E-state index contributed by atoms with van der Waals surface area (Å²) in [6, 6.07) is 0. The van der Waals surface area contributed by atoms with Crippen molar-refractivity contribution in [3.63, 3.8) is 0 Å². The monoisotopic (exact) mass is 268 g/mol. The molecule has 0 saturated heterocycles. The number of carbonyl (C=O) groups excluding carboxylic acids is 1. The molecule has 0 bridgehead atoms. The average molecular weight is 268 g/mol. The van der Waals surface area contributed by atoms with Gasteiger partial charge in [-0.25, -0.2) is 0 Å². The second kappa shape index (κ2) is 6.16. The molecule has 104 valence electrons. The summed E-state index contributed by atoms with van der Waals surface area (Å²) in [6.45, 7) is 13.7. The number of hydrogen-bond acceptors (Lipinski definition) is 2. The first kappa shape index (κ1) is 15.6. The Morgan fingerprint density at radius 1 is 1.11 bits per heavy atom. The van der Waals surface area contributed by atoms with Gasteiger partial charge in [0.1, 0.15) is 0 Å². The predicted molar refractivity (Wildman–Crippen MR) is 79.3 cm³/mol. The lowest BCUT2D eigenvalue weighted by atomic mass is 10.0. The van der Waals surface area contributed by atoms with Crippen LogP contribution in [0.5, 0.6) is 0 Å². The molecule has 2 nitrogen and oxygen atoms in total. The molecule has 1 aliphatic carbocycles. The van der Waals surface area contributed by atoms with Gasteiger partial charge in [0.05, 0.1) is 6.10 Å². The van der Waals surface area contributed by atoms with Crippen LogP contribution in [0.15, 0.2) is 12.2 Å². The van der Waals surface area contributed by atoms with E-state index in [1.165, 1.54) is 0 Å². The number of allylic oxidation sites excluding steroid dienone is 1. The van der Waals surface area contributed by atoms with Gasteiger partial charge in [0.2, 0.25) is 8.32 Å². The highest BCUT2D eigenvalue weighted by atomic mass is 28.4. The van der Waals surface area contributed by atoms with Gasteiger partial charge >= 0.3 is 0 Å². The lowest BCUT2D eigenvalue weighted by molar-refractivity contribution is -0.116. The largest absolute Gasteiger partial charge is 0.412 e. The minimum Gasteiger partial charge on any atom is -0.412 e. The molecule has 1 aliphatic rings. The molecule has 0 radical (unpaired) electrons. The first-order valence-electron chi connectivity index (χ1n) is 7.17. The summed E-state index contributed by atoms with van der Waals surface area (Å²) in [6.07, 6.45) is 5.24. The van der Waals surface area contributed by atoms with Crippen molar-refractivity contribution in [3.05, 3.63) is 12.2 Å². The molecule has 1 atom stereocenters. The van der Waals surface area contributed by atoms with Crippen LogP contribution >= 0.6 is 0 Å². The van der Waals surface area contributed by atoms with Gasteiger partial charge in [-0.05, 0) is 29.1 Å². The summed E-state index contributed by atoms with van der Waals surface area (Å²) in [5, 5.41) is 0. The quantitative estimate of drug-likeness (QED) is 0.688. The summed E-state index contributed by atoms with van der Waals surface area (Å²) in [5.41, 5.74) is 1.75. The summed E-state index contributed by atoms with van der Waals surface area (Å²) in [4.78, 5) is 11.5. The highest BCUT2D eigenvalue weighted by Crippen LogP contribution is 2.43. The van der Waals surface area contributed by atoms with Crippen LogP contribution in [-0.2, 0) is 9.22 Å². The van der Waals surface area contributed by atoms with E-state index in [2.05, 4.69) is 41.5 Å². The number of ketones is 1. The van der Waals surface area contributed by atoms with E-state index in [0.29, 0.717) is 23.0 Å². The molecule has 18 heavy (non-hydrogen) atoms. The molecule has 0 aromatic carbocycles. The Kier molecular flexibility index (Phi) is 5.35. The Balaban J connectivity index is 2.91. The SMILES string of the molecule is CC(C)[Si](OC1CC=CC(=O)C1)(C(C)C)C(C)C. The lowest BCUT2D eigenvalue weighted by Crippen LogP contribution is -2.50. The average Bonchev–Trinajstić information content (AvgIpc) is 2.24. The summed E-state index contributed by atoms with van der Waals surface area (Å²) in [7, 11) is -1.83. The van der Waals surface area contributed by atoms with Gasteiger partial charge in [-0.1, -0.05) is 47.6 Å². The van der Waals surface area contributed by atoms with Crippen LogP contribution in [0.1, 0.15) is 54.4 Å². The smallest absolute Gasteiger partial charge is 0.200 e. The van der Waals surface area contributed by atoms with Crippen LogP contribution in [0.2, 0.25) is 16.6 Å². The van der Waals surface area contributed by atoms with E-state index in [-0.39, 0.29) is 11.9 Å². The molecule has 1 rings (SSSR count). The number of hydrogen-bond donors (Lipinski definition) is 0. The van der Waals surface area contributed by atoms with E-state index >= 15 is 0 Å². The van der Waals surface area contributed by atoms with Gasteiger partial charge in [0.15, 0.2) is 5.78 Å². The predicted octanol–water partition coefficient (Wildman–Crippen LogP) is 4.47. The van der Waals surface area contributed by atoms with Crippen LogP contribution in [0.3, 0.4) is 0 Å². The second-order valence-corrected chi connectivity index (χ2v) is 11.8. The highest BCUT2D eigenvalue weighted by Gasteiger charge is 2.46. The van der Waals surface area contributed by atoms with Crippen LogP contribution in [0.25, 0.3) is 0 Å². The molecule has 0 heterocycles. The molecule has 0 spiro atoms. The molecule has 0 aliphatic heterocycles. The third-order valence-electron chi connectivity index (χ3n) is 4.21. The molecule has 0 N–H and O–H groups in total. The van der Waals surface area contributed by atoms with Crippen molar-refractivity contribution < 1.29 is 9.22 Å². The summed E-state index contributed by atoms with van der Waals surface area (Å²) < 4.78 is 6.60. The minimum atomic E-state index is -1.83. The Morgan fingerprint density at radius 2 is 1.61 bits per heavy atom. The van der Waals surface area contributed by atoms with Crippen molar-refractivity contribution in [1.29, 1.82) is 0 Å². The molecular formula is C15H28O2Si.